The fourth-order valence-electron chi connectivity index (χ4n) is 4.32. The van der Waals surface area contributed by atoms with Crippen LogP contribution in [0.1, 0.15) is 49.3 Å². The van der Waals surface area contributed by atoms with Gasteiger partial charge in [-0.05, 0) is 68.1 Å². The number of likely N-dealkylation sites (tertiary alicyclic amines) is 1. The number of benzene rings is 2. The van der Waals surface area contributed by atoms with E-state index < -0.39 is 16.1 Å². The van der Waals surface area contributed by atoms with Crippen LogP contribution in [0.5, 0.6) is 0 Å². The van der Waals surface area contributed by atoms with Gasteiger partial charge in [-0.15, -0.1) is 0 Å². The molecule has 1 aliphatic heterocycles. The van der Waals surface area contributed by atoms with E-state index in [4.69, 9.17) is 11.6 Å². The maximum atomic E-state index is 13.2. The summed E-state index contributed by atoms with van der Waals surface area (Å²) in [6.45, 7) is 7.07. The normalized spacial score (nSPS) is 15.8. The number of aryl methyl sites for hydroxylation is 1. The smallest absolute Gasteiger partial charge is 0.244 e. The zero-order valence-corrected chi connectivity index (χ0v) is 21.3. The Bertz CT molecular complexity index is 1070. The lowest BCUT2D eigenvalue weighted by molar-refractivity contribution is -0.122. The van der Waals surface area contributed by atoms with Crippen molar-refractivity contribution in [1.29, 1.82) is 0 Å². The van der Waals surface area contributed by atoms with E-state index in [2.05, 4.69) is 16.3 Å². The molecule has 6 nitrogen and oxygen atoms in total. The summed E-state index contributed by atoms with van der Waals surface area (Å²) in [7, 11) is -3.71. The molecular formula is C25H34ClN3O3S. The van der Waals surface area contributed by atoms with E-state index in [0.29, 0.717) is 23.7 Å². The van der Waals surface area contributed by atoms with Gasteiger partial charge in [-0.2, -0.15) is 0 Å². The van der Waals surface area contributed by atoms with Crippen molar-refractivity contribution in [3.05, 3.63) is 64.2 Å². The summed E-state index contributed by atoms with van der Waals surface area (Å²) in [6.07, 6.45) is 5.18. The summed E-state index contributed by atoms with van der Waals surface area (Å²) < 4.78 is 26.5. The average Bonchev–Trinajstić information content (AvgIpc) is 2.78. The molecule has 0 aromatic heterocycles. The highest BCUT2D eigenvalue weighted by molar-refractivity contribution is 7.92. The van der Waals surface area contributed by atoms with Crippen molar-refractivity contribution in [3.8, 4) is 0 Å². The van der Waals surface area contributed by atoms with E-state index >= 15 is 0 Å². The summed E-state index contributed by atoms with van der Waals surface area (Å²) >= 11 is 6.25. The molecule has 0 spiro atoms. The zero-order chi connectivity index (χ0) is 24.0. The Morgan fingerprint density at radius 2 is 1.79 bits per heavy atom. The zero-order valence-electron chi connectivity index (χ0n) is 19.7. The summed E-state index contributed by atoms with van der Waals surface area (Å²) in [6, 6.07) is 12.3. The van der Waals surface area contributed by atoms with Crippen molar-refractivity contribution in [3.63, 3.8) is 0 Å². The van der Waals surface area contributed by atoms with Crippen LogP contribution in [0.15, 0.2) is 42.5 Å². The molecule has 0 bridgehead atoms. The van der Waals surface area contributed by atoms with Gasteiger partial charge in [-0.25, -0.2) is 8.42 Å². The summed E-state index contributed by atoms with van der Waals surface area (Å²) in [4.78, 5) is 15.7. The third-order valence-corrected chi connectivity index (χ3v) is 7.74. The molecule has 1 fully saturated rings. The number of hydrogen-bond donors (Lipinski definition) is 1. The van der Waals surface area contributed by atoms with Gasteiger partial charge in [-0.1, -0.05) is 55.3 Å². The fraction of sp³-hybridized carbons (Fsp3) is 0.480. The number of halogens is 1. The van der Waals surface area contributed by atoms with E-state index in [9.17, 15) is 13.2 Å². The minimum atomic E-state index is -3.71. The van der Waals surface area contributed by atoms with Crippen LogP contribution in [-0.2, 0) is 27.9 Å². The lowest BCUT2D eigenvalue weighted by Crippen LogP contribution is -2.49. The van der Waals surface area contributed by atoms with Gasteiger partial charge in [0, 0.05) is 18.1 Å². The molecule has 1 amide bonds. The van der Waals surface area contributed by atoms with Crippen molar-refractivity contribution in [2.75, 3.05) is 23.7 Å². The molecule has 8 heteroatoms. The van der Waals surface area contributed by atoms with Crippen LogP contribution in [0.3, 0.4) is 0 Å². The Labute approximate surface area is 203 Å². The second-order valence-electron chi connectivity index (χ2n) is 8.74. The molecule has 1 aliphatic rings. The highest BCUT2D eigenvalue weighted by Crippen LogP contribution is 2.27. The van der Waals surface area contributed by atoms with Gasteiger partial charge in [0.05, 0.1) is 11.9 Å². The molecular weight excluding hydrogens is 458 g/mol. The second kappa shape index (κ2) is 11.4. The molecule has 33 heavy (non-hydrogen) atoms. The molecule has 2 aromatic rings. The second-order valence-corrected chi connectivity index (χ2v) is 11.0. The topological polar surface area (TPSA) is 69.7 Å². The Hall–Kier alpha value is -2.09. The maximum Gasteiger partial charge on any atom is 0.244 e. The number of carbonyl (C=O) groups excluding carboxylic acids is 1. The molecule has 2 aromatic carbocycles. The van der Waals surface area contributed by atoms with Crippen molar-refractivity contribution in [2.45, 2.75) is 58.7 Å². The molecule has 1 N–H and O–H groups in total. The number of sulfonamides is 1. The molecule has 1 heterocycles. The number of rotatable bonds is 9. The van der Waals surface area contributed by atoms with Crippen molar-refractivity contribution in [1.82, 2.24) is 10.2 Å². The number of amides is 1. The van der Waals surface area contributed by atoms with Gasteiger partial charge in [-0.3, -0.25) is 14.0 Å². The third-order valence-electron chi connectivity index (χ3n) is 6.15. The first-order valence-corrected chi connectivity index (χ1v) is 13.8. The Balaban J connectivity index is 1.77. The van der Waals surface area contributed by atoms with Crippen molar-refractivity contribution < 1.29 is 13.2 Å². The fourth-order valence-corrected chi connectivity index (χ4v) is 5.70. The van der Waals surface area contributed by atoms with Gasteiger partial charge in [0.1, 0.15) is 6.04 Å². The first kappa shape index (κ1) is 25.5. The lowest BCUT2D eigenvalue weighted by Gasteiger charge is -2.30. The first-order valence-electron chi connectivity index (χ1n) is 11.5. The highest BCUT2D eigenvalue weighted by Gasteiger charge is 2.31. The molecule has 3 rings (SSSR count). The number of piperidine rings is 1. The van der Waals surface area contributed by atoms with Gasteiger partial charge in [0.15, 0.2) is 0 Å². The number of anilines is 1. The number of carbonyl (C=O) groups is 1. The summed E-state index contributed by atoms with van der Waals surface area (Å²) in [5.41, 5.74) is 3.48. The minimum absolute atomic E-state index is 0.326. The number of nitrogens with one attached hydrogen (secondary N) is 1. The minimum Gasteiger partial charge on any atom is -0.350 e. The molecule has 0 radical (unpaired) electrons. The van der Waals surface area contributed by atoms with Crippen LogP contribution in [0, 0.1) is 6.92 Å². The quantitative estimate of drug-likeness (QED) is 0.561. The van der Waals surface area contributed by atoms with Gasteiger partial charge in [0.25, 0.3) is 0 Å². The van der Waals surface area contributed by atoms with Gasteiger partial charge < -0.3 is 5.32 Å². The largest absolute Gasteiger partial charge is 0.350 e. The van der Waals surface area contributed by atoms with Crippen molar-refractivity contribution in [2.24, 2.45) is 0 Å². The van der Waals surface area contributed by atoms with E-state index in [1.807, 2.05) is 32.0 Å². The predicted octanol–water partition coefficient (Wildman–Crippen LogP) is 4.50. The van der Waals surface area contributed by atoms with E-state index in [-0.39, 0.29) is 5.91 Å². The monoisotopic (exact) mass is 491 g/mol. The van der Waals surface area contributed by atoms with Crippen LogP contribution in [-0.4, -0.2) is 44.6 Å². The number of hydrogen-bond acceptors (Lipinski definition) is 4. The van der Waals surface area contributed by atoms with E-state index in [1.165, 1.54) is 29.1 Å². The molecule has 0 saturated carbocycles. The molecule has 0 aliphatic carbocycles. The third kappa shape index (κ3) is 6.71. The van der Waals surface area contributed by atoms with Crippen LogP contribution in [0.4, 0.5) is 5.69 Å². The van der Waals surface area contributed by atoms with Crippen LogP contribution in [0.2, 0.25) is 5.02 Å². The molecule has 1 saturated heterocycles. The molecule has 0 unspecified atom stereocenters. The van der Waals surface area contributed by atoms with E-state index in [0.717, 1.165) is 37.0 Å². The molecule has 180 valence electrons. The Morgan fingerprint density at radius 3 is 2.39 bits per heavy atom. The Kier molecular flexibility index (Phi) is 8.79. The molecule has 1 atom stereocenters. The van der Waals surface area contributed by atoms with Crippen LogP contribution < -0.4 is 9.62 Å². The predicted molar refractivity (Wildman–Crippen MR) is 135 cm³/mol. The van der Waals surface area contributed by atoms with E-state index in [1.54, 1.807) is 18.2 Å². The van der Waals surface area contributed by atoms with Crippen molar-refractivity contribution >= 4 is 33.2 Å². The van der Waals surface area contributed by atoms with Crippen LogP contribution >= 0.6 is 11.6 Å². The summed E-state index contributed by atoms with van der Waals surface area (Å²) in [5.74, 6) is -0.326. The van der Waals surface area contributed by atoms with Gasteiger partial charge in [0.2, 0.25) is 15.9 Å². The Morgan fingerprint density at radius 1 is 1.12 bits per heavy atom. The van der Waals surface area contributed by atoms with Gasteiger partial charge >= 0.3 is 0 Å². The first-order chi connectivity index (χ1) is 15.7. The highest BCUT2D eigenvalue weighted by atomic mass is 35.5. The SMILES string of the molecule is CC[C@H](C(=O)NCc1ccccc1CN1CCCCC1)N(c1ccc(C)c(Cl)c1)S(C)(=O)=O. The standard InChI is InChI=1S/C25H34ClN3O3S/c1-4-24(29(33(3,31)32)22-13-12-19(2)23(26)16-22)25(30)27-17-20-10-6-7-11-21(20)18-28-14-8-5-9-15-28/h6-7,10-13,16,24H,4-5,8-9,14-15,17-18H2,1-3H3,(H,27,30)/t24-/m1/s1. The maximum absolute atomic E-state index is 13.2. The number of nitrogens with zero attached hydrogens (tertiary/aromatic N) is 2. The summed E-state index contributed by atoms with van der Waals surface area (Å²) in [5, 5.41) is 3.44. The lowest BCUT2D eigenvalue weighted by atomic mass is 10.0. The average molecular weight is 492 g/mol. The van der Waals surface area contributed by atoms with Crippen LogP contribution in [0.25, 0.3) is 0 Å².